The van der Waals surface area contributed by atoms with Gasteiger partial charge < -0.3 is 14.9 Å². The van der Waals surface area contributed by atoms with Crippen LogP contribution in [0.15, 0.2) is 36.4 Å². The van der Waals surface area contributed by atoms with Gasteiger partial charge >= 0.3 is 0 Å². The third kappa shape index (κ3) is 3.22. The summed E-state index contributed by atoms with van der Waals surface area (Å²) in [6.45, 7) is 0. The topological polar surface area (TPSA) is 67.6 Å². The quantitative estimate of drug-likeness (QED) is 0.886. The number of hydrogen-bond donors (Lipinski definition) is 1. The van der Waals surface area contributed by atoms with Crippen molar-refractivity contribution < 1.29 is 9.90 Å². The van der Waals surface area contributed by atoms with Crippen molar-refractivity contribution >= 4 is 22.4 Å². The lowest BCUT2D eigenvalue weighted by Gasteiger charge is -2.45. The summed E-state index contributed by atoms with van der Waals surface area (Å²) >= 11 is 0. The van der Waals surface area contributed by atoms with E-state index >= 15 is 0 Å². The second-order valence-corrected chi connectivity index (χ2v) is 8.50. The van der Waals surface area contributed by atoms with Gasteiger partial charge in [0.2, 0.25) is 5.91 Å². The third-order valence-electron chi connectivity index (χ3n) is 6.45. The average Bonchev–Trinajstić information content (AvgIpc) is 2.96. The first kappa shape index (κ1) is 18.8. The molecule has 28 heavy (non-hydrogen) atoms. The first-order valence-corrected chi connectivity index (χ1v) is 10.0. The van der Waals surface area contributed by atoms with Gasteiger partial charge in [-0.1, -0.05) is 24.3 Å². The number of nitrogens with zero attached hydrogens (tertiary/aromatic N) is 3. The number of piperidine rings is 1. The fraction of sp³-hybridized carbons (Fsp3) is 0.478. The summed E-state index contributed by atoms with van der Waals surface area (Å²) in [4.78, 5) is 16.0. The lowest BCUT2D eigenvalue weighted by molar-refractivity contribution is -0.130. The van der Waals surface area contributed by atoms with E-state index in [0.717, 1.165) is 29.3 Å². The fourth-order valence-corrected chi connectivity index (χ4v) is 5.09. The van der Waals surface area contributed by atoms with E-state index in [4.69, 9.17) is 0 Å². The van der Waals surface area contributed by atoms with Gasteiger partial charge in [0.05, 0.1) is 17.2 Å². The van der Waals surface area contributed by atoms with Gasteiger partial charge in [0.25, 0.3) is 0 Å². The van der Waals surface area contributed by atoms with E-state index in [0.29, 0.717) is 31.2 Å². The predicted octanol–water partition coefficient (Wildman–Crippen LogP) is 3.44. The van der Waals surface area contributed by atoms with Crippen molar-refractivity contribution in [1.82, 2.24) is 4.90 Å². The van der Waals surface area contributed by atoms with Gasteiger partial charge in [0.15, 0.2) is 0 Å². The predicted molar refractivity (Wildman–Crippen MR) is 110 cm³/mol. The molecule has 2 fully saturated rings. The minimum Gasteiger partial charge on any atom is -0.390 e. The molecule has 5 heteroatoms. The highest BCUT2D eigenvalue weighted by Crippen LogP contribution is 2.46. The van der Waals surface area contributed by atoms with Crippen molar-refractivity contribution in [1.29, 1.82) is 5.26 Å². The van der Waals surface area contributed by atoms with Crippen molar-refractivity contribution in [3.8, 4) is 6.07 Å². The minimum absolute atomic E-state index is 0.0706. The first-order chi connectivity index (χ1) is 13.4. The van der Waals surface area contributed by atoms with Crippen LogP contribution in [0, 0.1) is 11.3 Å². The highest BCUT2D eigenvalue weighted by atomic mass is 16.3. The minimum atomic E-state index is -0.767. The number of aliphatic hydroxyl groups is 1. The Morgan fingerprint density at radius 1 is 1.18 bits per heavy atom. The van der Waals surface area contributed by atoms with Crippen LogP contribution in [0.25, 0.3) is 10.8 Å². The average molecular weight is 377 g/mol. The van der Waals surface area contributed by atoms with Gasteiger partial charge in [-0.2, -0.15) is 5.26 Å². The second kappa shape index (κ2) is 7.10. The number of rotatable bonds is 4. The number of carbonyl (C=O) groups is 1. The summed E-state index contributed by atoms with van der Waals surface area (Å²) in [5.41, 5.74) is 1.09. The van der Waals surface area contributed by atoms with Gasteiger partial charge in [-0.25, -0.2) is 0 Å². The molecule has 0 saturated carbocycles. The maximum Gasteiger partial charge on any atom is 0.222 e. The zero-order chi connectivity index (χ0) is 19.9. The lowest BCUT2D eigenvalue weighted by Crippen LogP contribution is -2.51. The van der Waals surface area contributed by atoms with E-state index in [2.05, 4.69) is 23.1 Å². The Balaban J connectivity index is 1.61. The molecule has 2 aromatic rings. The van der Waals surface area contributed by atoms with Gasteiger partial charge in [-0.15, -0.1) is 0 Å². The molecule has 0 aromatic heterocycles. The molecule has 0 spiro atoms. The summed E-state index contributed by atoms with van der Waals surface area (Å²) in [5, 5.41) is 22.7. The Hall–Kier alpha value is -2.58. The summed E-state index contributed by atoms with van der Waals surface area (Å²) in [7, 11) is 3.52. The molecule has 5 nitrogen and oxygen atoms in total. The zero-order valence-electron chi connectivity index (χ0n) is 16.6. The highest BCUT2D eigenvalue weighted by Gasteiger charge is 2.47. The maximum atomic E-state index is 12.0. The van der Waals surface area contributed by atoms with Crippen LogP contribution >= 0.6 is 0 Å². The van der Waals surface area contributed by atoms with E-state index < -0.39 is 5.60 Å². The lowest BCUT2D eigenvalue weighted by atomic mass is 9.82. The van der Waals surface area contributed by atoms with Crippen LogP contribution in [0.4, 0.5) is 5.69 Å². The molecule has 0 aliphatic carbocycles. The Kier molecular flexibility index (Phi) is 4.76. The van der Waals surface area contributed by atoms with E-state index in [9.17, 15) is 15.2 Å². The Labute approximate surface area is 166 Å². The van der Waals surface area contributed by atoms with E-state index in [-0.39, 0.29) is 18.0 Å². The van der Waals surface area contributed by atoms with E-state index in [1.165, 1.54) is 0 Å². The number of amides is 1. The van der Waals surface area contributed by atoms with Crippen LogP contribution < -0.4 is 4.90 Å². The first-order valence-electron chi connectivity index (χ1n) is 10.0. The molecule has 2 saturated heterocycles. The SMILES string of the molecule is CN(C)C(=O)CC[C@]1(O)C[C@H]2CC[C@@H](C1)N2c1ccc(C#N)c2ccccc12. The normalized spacial score (nSPS) is 26.3. The van der Waals surface area contributed by atoms with Crippen LogP contribution in [0.5, 0.6) is 0 Å². The third-order valence-corrected chi connectivity index (χ3v) is 6.45. The Bertz CT molecular complexity index is 933. The molecule has 0 radical (unpaired) electrons. The summed E-state index contributed by atoms with van der Waals surface area (Å²) in [6.07, 6.45) is 4.42. The van der Waals surface area contributed by atoms with Crippen molar-refractivity contribution in [2.45, 2.75) is 56.2 Å². The summed E-state index contributed by atoms with van der Waals surface area (Å²) in [5.74, 6) is 0.0706. The molecule has 3 atom stereocenters. The summed E-state index contributed by atoms with van der Waals surface area (Å²) < 4.78 is 0. The molecule has 2 bridgehead atoms. The number of hydrogen-bond acceptors (Lipinski definition) is 4. The number of fused-ring (bicyclic) bond motifs is 3. The van der Waals surface area contributed by atoms with Crippen LogP contribution in [0.2, 0.25) is 0 Å². The fourth-order valence-electron chi connectivity index (χ4n) is 5.09. The molecular formula is C23H27N3O2. The molecule has 4 rings (SSSR count). The highest BCUT2D eigenvalue weighted by molar-refractivity contribution is 5.98. The smallest absolute Gasteiger partial charge is 0.222 e. The molecule has 2 heterocycles. The van der Waals surface area contributed by atoms with Crippen molar-refractivity contribution in [2.75, 3.05) is 19.0 Å². The van der Waals surface area contributed by atoms with Crippen LogP contribution in [-0.4, -0.2) is 47.7 Å². The molecule has 2 aliphatic heterocycles. The van der Waals surface area contributed by atoms with Gasteiger partial charge in [-0.05, 0) is 44.2 Å². The molecule has 2 aromatic carbocycles. The molecule has 1 amide bonds. The van der Waals surface area contributed by atoms with Crippen LogP contribution in [0.3, 0.4) is 0 Å². The number of carbonyl (C=O) groups excluding carboxylic acids is 1. The van der Waals surface area contributed by atoms with Gasteiger partial charge in [-0.3, -0.25) is 4.79 Å². The Morgan fingerprint density at radius 2 is 1.82 bits per heavy atom. The molecule has 1 N–H and O–H groups in total. The second-order valence-electron chi connectivity index (χ2n) is 8.50. The van der Waals surface area contributed by atoms with Crippen molar-refractivity contribution in [3.63, 3.8) is 0 Å². The van der Waals surface area contributed by atoms with E-state index in [1.807, 2.05) is 24.3 Å². The monoisotopic (exact) mass is 377 g/mol. The standard InChI is InChI=1S/C23H27N3O2/c1-25(2)22(27)11-12-23(28)13-17-8-9-18(14-23)26(17)21-10-7-16(15-24)19-5-3-4-6-20(19)21/h3-7,10,17-18,28H,8-9,11-14H2,1-2H3/t17-,18+,23+. The van der Waals surface area contributed by atoms with Crippen molar-refractivity contribution in [3.05, 3.63) is 42.0 Å². The van der Waals surface area contributed by atoms with Crippen LogP contribution in [-0.2, 0) is 4.79 Å². The van der Waals surface area contributed by atoms with Gasteiger partial charge in [0.1, 0.15) is 0 Å². The van der Waals surface area contributed by atoms with E-state index in [1.54, 1.807) is 19.0 Å². The van der Waals surface area contributed by atoms with Gasteiger partial charge in [0, 0.05) is 49.1 Å². The zero-order valence-corrected chi connectivity index (χ0v) is 16.6. The summed E-state index contributed by atoms with van der Waals surface area (Å²) in [6, 6.07) is 14.9. The largest absolute Gasteiger partial charge is 0.390 e. The number of nitriles is 1. The molecule has 2 aliphatic rings. The molecule has 0 unspecified atom stereocenters. The molecule has 146 valence electrons. The van der Waals surface area contributed by atoms with Crippen molar-refractivity contribution in [2.24, 2.45) is 0 Å². The number of anilines is 1. The Morgan fingerprint density at radius 3 is 2.43 bits per heavy atom. The molecular weight excluding hydrogens is 350 g/mol. The van der Waals surface area contributed by atoms with Crippen LogP contribution in [0.1, 0.15) is 44.1 Å². The maximum absolute atomic E-state index is 12.0. The number of benzene rings is 2.